The third kappa shape index (κ3) is 6.16. The number of benzene rings is 2. The lowest BCUT2D eigenvalue weighted by Gasteiger charge is -2.23. The first kappa shape index (κ1) is 22.1. The Labute approximate surface area is 171 Å². The van der Waals surface area contributed by atoms with Gasteiger partial charge in [-0.2, -0.15) is 5.10 Å². The topological polar surface area (TPSA) is 131 Å². The number of methoxy groups -OCH3 is 1. The average Bonchev–Trinajstić information content (AvgIpc) is 2.65. The second-order valence-corrected chi connectivity index (χ2v) is 8.07. The summed E-state index contributed by atoms with van der Waals surface area (Å²) in [6, 6.07) is 9.98. The molecule has 0 saturated carbocycles. The predicted molar refractivity (Wildman–Crippen MR) is 109 cm³/mol. The van der Waals surface area contributed by atoms with E-state index in [-0.39, 0.29) is 22.1 Å². The normalized spacial score (nSPS) is 11.3. The molecule has 10 nitrogen and oxygen atoms in total. The molecule has 0 saturated heterocycles. The number of carbonyl (C=O) groups excluding carboxylic acids is 1. The number of rotatable bonds is 8. The van der Waals surface area contributed by atoms with Crippen molar-refractivity contribution < 1.29 is 22.9 Å². The maximum absolute atomic E-state index is 12.2. The number of nitrogens with zero attached hydrogens (tertiary/aromatic N) is 3. The van der Waals surface area contributed by atoms with Gasteiger partial charge < -0.3 is 4.74 Å². The molecule has 1 N–H and O–H groups in total. The molecule has 2 rings (SSSR count). The molecule has 0 heterocycles. The van der Waals surface area contributed by atoms with E-state index in [1.165, 1.54) is 49.7 Å². The largest absolute Gasteiger partial charge is 0.495 e. The van der Waals surface area contributed by atoms with Crippen molar-refractivity contribution in [3.8, 4) is 5.75 Å². The molecular formula is C17H17ClN4O6S. The number of hydrogen-bond donors (Lipinski definition) is 1. The Kier molecular flexibility index (Phi) is 7.13. The van der Waals surface area contributed by atoms with Crippen molar-refractivity contribution in [3.63, 3.8) is 0 Å². The minimum Gasteiger partial charge on any atom is -0.495 e. The van der Waals surface area contributed by atoms with E-state index in [4.69, 9.17) is 16.3 Å². The number of nitrogens with one attached hydrogen (secondary N) is 1. The number of carbonyl (C=O) groups is 1. The van der Waals surface area contributed by atoms with Crippen LogP contribution in [0.4, 0.5) is 11.4 Å². The molecular weight excluding hydrogens is 424 g/mol. The van der Waals surface area contributed by atoms with Gasteiger partial charge in [-0.1, -0.05) is 23.7 Å². The number of nitro groups is 1. The van der Waals surface area contributed by atoms with Gasteiger partial charge in [0.1, 0.15) is 12.3 Å². The van der Waals surface area contributed by atoms with Gasteiger partial charge in [0.25, 0.3) is 11.6 Å². The van der Waals surface area contributed by atoms with Crippen LogP contribution in [0.15, 0.2) is 47.6 Å². The Morgan fingerprint density at radius 3 is 2.69 bits per heavy atom. The quantitative estimate of drug-likeness (QED) is 0.380. The number of sulfonamides is 1. The number of nitro benzene ring substituents is 1. The van der Waals surface area contributed by atoms with Crippen LogP contribution in [-0.4, -0.2) is 45.4 Å². The third-order valence-corrected chi connectivity index (χ3v) is 4.94. The number of non-ortho nitro benzene ring substituents is 1. The highest BCUT2D eigenvalue weighted by atomic mass is 35.5. The molecule has 29 heavy (non-hydrogen) atoms. The number of anilines is 1. The van der Waals surface area contributed by atoms with Crippen LogP contribution in [0, 0.1) is 10.1 Å². The Balaban J connectivity index is 2.17. The van der Waals surface area contributed by atoms with Crippen molar-refractivity contribution in [1.82, 2.24) is 5.43 Å². The van der Waals surface area contributed by atoms with E-state index < -0.39 is 27.4 Å². The lowest BCUT2D eigenvalue weighted by atomic mass is 10.2. The van der Waals surface area contributed by atoms with E-state index in [2.05, 4.69) is 10.5 Å². The second kappa shape index (κ2) is 9.34. The first-order valence-electron chi connectivity index (χ1n) is 7.99. The van der Waals surface area contributed by atoms with Crippen molar-refractivity contribution in [3.05, 3.63) is 63.2 Å². The molecule has 2 aromatic rings. The molecule has 0 aliphatic heterocycles. The molecule has 154 valence electrons. The van der Waals surface area contributed by atoms with Crippen molar-refractivity contribution in [1.29, 1.82) is 0 Å². The number of amides is 1. The van der Waals surface area contributed by atoms with Crippen molar-refractivity contribution in [2.45, 2.75) is 0 Å². The molecule has 0 radical (unpaired) electrons. The highest BCUT2D eigenvalue weighted by Crippen LogP contribution is 2.32. The molecule has 0 atom stereocenters. The van der Waals surface area contributed by atoms with E-state index in [0.29, 0.717) is 5.56 Å². The Morgan fingerprint density at radius 2 is 2.07 bits per heavy atom. The summed E-state index contributed by atoms with van der Waals surface area (Å²) in [7, 11) is -2.49. The van der Waals surface area contributed by atoms with Gasteiger partial charge in [-0.3, -0.25) is 19.2 Å². The van der Waals surface area contributed by atoms with Crippen LogP contribution in [0.2, 0.25) is 5.02 Å². The maximum Gasteiger partial charge on any atom is 0.270 e. The molecule has 12 heteroatoms. The predicted octanol–water partition coefficient (Wildman–Crippen LogP) is 2.17. The third-order valence-electron chi connectivity index (χ3n) is 3.58. The molecule has 0 fully saturated rings. The van der Waals surface area contributed by atoms with Gasteiger partial charge in [0, 0.05) is 22.7 Å². The zero-order chi connectivity index (χ0) is 21.6. The maximum atomic E-state index is 12.2. The fraction of sp³-hybridized carbons (Fsp3) is 0.176. The molecule has 0 aromatic heterocycles. The average molecular weight is 441 g/mol. The van der Waals surface area contributed by atoms with Crippen molar-refractivity contribution in [2.75, 3.05) is 24.2 Å². The molecule has 0 aliphatic carbocycles. The van der Waals surface area contributed by atoms with E-state index in [9.17, 15) is 23.3 Å². The van der Waals surface area contributed by atoms with E-state index in [1.54, 1.807) is 6.07 Å². The Bertz CT molecular complexity index is 1060. The minimum atomic E-state index is -3.85. The lowest BCUT2D eigenvalue weighted by molar-refractivity contribution is -0.384. The van der Waals surface area contributed by atoms with Crippen LogP contribution in [0.25, 0.3) is 0 Å². The van der Waals surface area contributed by atoms with Crippen LogP contribution in [0.1, 0.15) is 5.56 Å². The van der Waals surface area contributed by atoms with Gasteiger partial charge in [0.15, 0.2) is 0 Å². The van der Waals surface area contributed by atoms with Gasteiger partial charge in [-0.15, -0.1) is 0 Å². The molecule has 0 bridgehead atoms. The van der Waals surface area contributed by atoms with Gasteiger partial charge in [0.05, 0.1) is 30.2 Å². The molecule has 2 aromatic carbocycles. The first-order chi connectivity index (χ1) is 13.6. The van der Waals surface area contributed by atoms with Crippen LogP contribution in [-0.2, 0) is 14.8 Å². The monoisotopic (exact) mass is 440 g/mol. The standard InChI is InChI=1S/C17H17ClN4O6S/c1-28-16-7-6-13(18)9-15(16)21(29(2,26)27)11-17(23)20-19-10-12-4-3-5-14(8-12)22(24)25/h3-10H,11H2,1-2H3,(H,20,23)/b19-10-. The van der Waals surface area contributed by atoms with Crippen LogP contribution < -0.4 is 14.5 Å². The summed E-state index contributed by atoms with van der Waals surface area (Å²) in [5, 5.41) is 14.7. The highest BCUT2D eigenvalue weighted by molar-refractivity contribution is 7.92. The minimum absolute atomic E-state index is 0.0975. The Hall–Kier alpha value is -3.18. The van der Waals surface area contributed by atoms with Gasteiger partial charge in [-0.25, -0.2) is 13.8 Å². The first-order valence-corrected chi connectivity index (χ1v) is 10.2. The van der Waals surface area contributed by atoms with Crippen LogP contribution >= 0.6 is 11.6 Å². The number of hydrogen-bond acceptors (Lipinski definition) is 7. The fourth-order valence-corrected chi connectivity index (χ4v) is 3.32. The van der Waals surface area contributed by atoms with E-state index >= 15 is 0 Å². The summed E-state index contributed by atoms with van der Waals surface area (Å²) < 4.78 is 30.4. The lowest BCUT2D eigenvalue weighted by Crippen LogP contribution is -2.39. The van der Waals surface area contributed by atoms with Crippen LogP contribution in [0.5, 0.6) is 5.75 Å². The van der Waals surface area contributed by atoms with Gasteiger partial charge in [0.2, 0.25) is 10.0 Å². The SMILES string of the molecule is COc1ccc(Cl)cc1N(CC(=O)N/N=C\c1cccc([N+](=O)[O-])c1)S(C)(=O)=O. The van der Waals surface area contributed by atoms with Crippen molar-refractivity contribution >= 4 is 45.1 Å². The van der Waals surface area contributed by atoms with Gasteiger partial charge in [-0.05, 0) is 18.2 Å². The summed E-state index contributed by atoms with van der Waals surface area (Å²) in [5.41, 5.74) is 2.54. The zero-order valence-corrected chi connectivity index (χ0v) is 17.0. The highest BCUT2D eigenvalue weighted by Gasteiger charge is 2.24. The number of halogens is 1. The smallest absolute Gasteiger partial charge is 0.270 e. The Morgan fingerprint density at radius 1 is 1.34 bits per heavy atom. The number of hydrazone groups is 1. The van der Waals surface area contributed by atoms with E-state index in [1.807, 2.05) is 0 Å². The summed E-state index contributed by atoms with van der Waals surface area (Å²) in [4.78, 5) is 22.4. The fourth-order valence-electron chi connectivity index (χ4n) is 2.30. The molecule has 1 amide bonds. The van der Waals surface area contributed by atoms with Crippen LogP contribution in [0.3, 0.4) is 0 Å². The summed E-state index contributed by atoms with van der Waals surface area (Å²) in [6.45, 7) is -0.582. The zero-order valence-electron chi connectivity index (χ0n) is 15.4. The number of ether oxygens (including phenoxy) is 1. The van der Waals surface area contributed by atoms with Gasteiger partial charge >= 0.3 is 0 Å². The summed E-state index contributed by atoms with van der Waals surface area (Å²) in [5.74, 6) is -0.521. The molecule has 0 aliphatic rings. The summed E-state index contributed by atoms with van der Waals surface area (Å²) >= 11 is 5.94. The van der Waals surface area contributed by atoms with E-state index in [0.717, 1.165) is 10.6 Å². The molecule has 0 unspecified atom stereocenters. The summed E-state index contributed by atoms with van der Waals surface area (Å²) in [6.07, 6.45) is 2.14. The second-order valence-electron chi connectivity index (χ2n) is 5.73. The van der Waals surface area contributed by atoms with Crippen molar-refractivity contribution in [2.24, 2.45) is 5.10 Å². The molecule has 0 spiro atoms.